The molecular formula is C27H22Cl2N4O3. The quantitative estimate of drug-likeness (QED) is 0.178. The smallest absolute Gasteiger partial charge is 0.329 e. The van der Waals surface area contributed by atoms with E-state index in [1.165, 1.54) is 6.21 Å². The second-order valence-corrected chi connectivity index (χ2v) is 8.61. The van der Waals surface area contributed by atoms with Crippen LogP contribution in [0.25, 0.3) is 5.69 Å². The summed E-state index contributed by atoms with van der Waals surface area (Å²) in [7, 11) is 0. The highest BCUT2D eigenvalue weighted by atomic mass is 35.5. The van der Waals surface area contributed by atoms with Gasteiger partial charge in [0.15, 0.2) is 0 Å². The molecule has 0 atom stereocenters. The van der Waals surface area contributed by atoms with Crippen LogP contribution in [0.15, 0.2) is 84.0 Å². The SMILES string of the molecule is Cc1cc(C=NNC(=O)C(=O)Nc2ccc(Oc3ccccc3)cc2)c(C)n1-c1cccc(Cl)c1Cl. The second kappa shape index (κ2) is 11.1. The van der Waals surface area contributed by atoms with Crippen molar-refractivity contribution in [2.24, 2.45) is 5.10 Å². The number of anilines is 1. The van der Waals surface area contributed by atoms with E-state index < -0.39 is 11.8 Å². The molecule has 9 heteroatoms. The molecule has 2 amide bonds. The Hall–Kier alpha value is -4.07. The van der Waals surface area contributed by atoms with Crippen molar-refractivity contribution in [2.75, 3.05) is 5.32 Å². The summed E-state index contributed by atoms with van der Waals surface area (Å²) in [5.74, 6) is -0.449. The van der Waals surface area contributed by atoms with E-state index in [4.69, 9.17) is 27.9 Å². The summed E-state index contributed by atoms with van der Waals surface area (Å²) in [5, 5.41) is 7.36. The monoisotopic (exact) mass is 520 g/mol. The summed E-state index contributed by atoms with van der Waals surface area (Å²) in [6.07, 6.45) is 1.47. The number of carbonyl (C=O) groups is 2. The molecule has 1 aromatic heterocycles. The normalized spacial score (nSPS) is 10.9. The minimum atomic E-state index is -0.900. The standard InChI is InChI=1S/C27H22Cl2N4O3/c1-17-15-19(18(2)33(17)24-10-6-9-23(28)25(24)29)16-30-32-27(35)26(34)31-20-11-13-22(14-12-20)36-21-7-4-3-5-8-21/h3-16H,1-2H3,(H,31,34)(H,32,35). The third-order valence-electron chi connectivity index (χ3n) is 5.31. The maximum Gasteiger partial charge on any atom is 0.329 e. The average molecular weight is 521 g/mol. The molecule has 0 bridgehead atoms. The lowest BCUT2D eigenvalue weighted by Gasteiger charge is -2.12. The van der Waals surface area contributed by atoms with Crippen LogP contribution in [0.5, 0.6) is 11.5 Å². The van der Waals surface area contributed by atoms with Gasteiger partial charge in [0.25, 0.3) is 0 Å². The molecule has 2 N–H and O–H groups in total. The van der Waals surface area contributed by atoms with Crippen LogP contribution in [0.1, 0.15) is 17.0 Å². The maximum absolute atomic E-state index is 12.3. The Morgan fingerprint density at radius 3 is 2.31 bits per heavy atom. The number of amides is 2. The zero-order valence-corrected chi connectivity index (χ0v) is 21.0. The zero-order valence-electron chi connectivity index (χ0n) is 19.5. The number of hydrazone groups is 1. The van der Waals surface area contributed by atoms with Gasteiger partial charge >= 0.3 is 11.8 Å². The first-order chi connectivity index (χ1) is 17.3. The number of para-hydroxylation sites is 1. The molecule has 0 saturated carbocycles. The largest absolute Gasteiger partial charge is 0.457 e. The van der Waals surface area contributed by atoms with Gasteiger partial charge in [-0.25, -0.2) is 5.43 Å². The Labute approximate surface area is 218 Å². The molecule has 0 aliphatic heterocycles. The molecule has 0 aliphatic rings. The predicted molar refractivity (Wildman–Crippen MR) is 143 cm³/mol. The van der Waals surface area contributed by atoms with Gasteiger partial charge in [0.2, 0.25) is 0 Å². The van der Waals surface area contributed by atoms with Crippen LogP contribution in [0.4, 0.5) is 5.69 Å². The van der Waals surface area contributed by atoms with E-state index in [0.29, 0.717) is 27.2 Å². The molecule has 4 rings (SSSR count). The number of hydrogen-bond acceptors (Lipinski definition) is 4. The van der Waals surface area contributed by atoms with E-state index in [-0.39, 0.29) is 0 Å². The number of hydrogen-bond donors (Lipinski definition) is 2. The first kappa shape index (κ1) is 25.0. The topological polar surface area (TPSA) is 84.7 Å². The Balaban J connectivity index is 1.36. The Morgan fingerprint density at radius 1 is 0.889 bits per heavy atom. The van der Waals surface area contributed by atoms with E-state index in [1.807, 2.05) is 66.9 Å². The van der Waals surface area contributed by atoms with E-state index >= 15 is 0 Å². The van der Waals surface area contributed by atoms with Crippen molar-refractivity contribution in [3.8, 4) is 17.2 Å². The fourth-order valence-electron chi connectivity index (χ4n) is 3.58. The maximum atomic E-state index is 12.3. The molecule has 0 unspecified atom stereocenters. The second-order valence-electron chi connectivity index (χ2n) is 7.83. The van der Waals surface area contributed by atoms with Gasteiger partial charge < -0.3 is 14.6 Å². The predicted octanol–water partition coefficient (Wildman–Crippen LogP) is 6.28. The van der Waals surface area contributed by atoms with Gasteiger partial charge in [-0.05, 0) is 68.4 Å². The van der Waals surface area contributed by atoms with Crippen LogP contribution in [0.2, 0.25) is 10.0 Å². The minimum Gasteiger partial charge on any atom is -0.457 e. The number of benzene rings is 3. The molecule has 0 radical (unpaired) electrons. The van der Waals surface area contributed by atoms with Gasteiger partial charge in [0.1, 0.15) is 11.5 Å². The van der Waals surface area contributed by atoms with Crippen LogP contribution >= 0.6 is 23.2 Å². The molecule has 0 spiro atoms. The molecule has 0 aliphatic carbocycles. The van der Waals surface area contributed by atoms with Crippen molar-refractivity contribution in [1.29, 1.82) is 0 Å². The fraction of sp³-hybridized carbons (Fsp3) is 0.0741. The summed E-state index contributed by atoms with van der Waals surface area (Å²) in [6, 6.07) is 23.3. The highest BCUT2D eigenvalue weighted by Crippen LogP contribution is 2.31. The van der Waals surface area contributed by atoms with Crippen molar-refractivity contribution >= 4 is 46.9 Å². The molecule has 4 aromatic rings. The summed E-state index contributed by atoms with van der Waals surface area (Å²) in [5.41, 5.74) is 5.93. The van der Waals surface area contributed by atoms with Gasteiger partial charge in [-0.15, -0.1) is 0 Å². The molecule has 182 valence electrons. The molecule has 0 saturated heterocycles. The first-order valence-corrected chi connectivity index (χ1v) is 11.7. The number of ether oxygens (including phenoxy) is 1. The number of nitrogens with zero attached hydrogens (tertiary/aromatic N) is 2. The number of aromatic nitrogens is 1. The first-order valence-electron chi connectivity index (χ1n) is 10.9. The number of aryl methyl sites for hydroxylation is 1. The van der Waals surface area contributed by atoms with Gasteiger partial charge in [0, 0.05) is 22.6 Å². The summed E-state index contributed by atoms with van der Waals surface area (Å²) in [4.78, 5) is 24.5. The molecular weight excluding hydrogens is 499 g/mol. The van der Waals surface area contributed by atoms with E-state index in [1.54, 1.807) is 30.3 Å². The molecule has 7 nitrogen and oxygen atoms in total. The molecule has 36 heavy (non-hydrogen) atoms. The highest BCUT2D eigenvalue weighted by Gasteiger charge is 2.15. The number of rotatable bonds is 6. The van der Waals surface area contributed by atoms with Crippen LogP contribution in [-0.2, 0) is 9.59 Å². The Morgan fingerprint density at radius 2 is 1.58 bits per heavy atom. The van der Waals surface area contributed by atoms with Gasteiger partial charge in [-0.2, -0.15) is 5.10 Å². The Kier molecular flexibility index (Phi) is 7.73. The van der Waals surface area contributed by atoms with Crippen molar-refractivity contribution in [3.05, 3.63) is 106 Å². The number of nitrogens with one attached hydrogen (secondary N) is 2. The van der Waals surface area contributed by atoms with Gasteiger partial charge in [0.05, 0.1) is 21.9 Å². The molecule has 1 heterocycles. The minimum absolute atomic E-state index is 0.439. The van der Waals surface area contributed by atoms with E-state index in [2.05, 4.69) is 15.8 Å². The molecule has 0 fully saturated rings. The van der Waals surface area contributed by atoms with Crippen LogP contribution in [0.3, 0.4) is 0 Å². The van der Waals surface area contributed by atoms with Crippen LogP contribution < -0.4 is 15.5 Å². The van der Waals surface area contributed by atoms with Crippen LogP contribution in [0, 0.1) is 13.8 Å². The lowest BCUT2D eigenvalue weighted by Crippen LogP contribution is -2.32. The van der Waals surface area contributed by atoms with Crippen molar-refractivity contribution < 1.29 is 14.3 Å². The third kappa shape index (κ3) is 5.76. The third-order valence-corrected chi connectivity index (χ3v) is 6.12. The van der Waals surface area contributed by atoms with E-state index in [9.17, 15) is 9.59 Å². The van der Waals surface area contributed by atoms with Crippen molar-refractivity contribution in [3.63, 3.8) is 0 Å². The van der Waals surface area contributed by atoms with Gasteiger partial charge in [-0.3, -0.25) is 9.59 Å². The summed E-state index contributed by atoms with van der Waals surface area (Å²) in [6.45, 7) is 3.81. The number of carbonyl (C=O) groups excluding carboxylic acids is 2. The molecule has 3 aromatic carbocycles. The lowest BCUT2D eigenvalue weighted by atomic mass is 10.2. The van der Waals surface area contributed by atoms with Crippen molar-refractivity contribution in [2.45, 2.75) is 13.8 Å². The summed E-state index contributed by atoms with van der Waals surface area (Å²) < 4.78 is 7.65. The lowest BCUT2D eigenvalue weighted by molar-refractivity contribution is -0.136. The highest BCUT2D eigenvalue weighted by molar-refractivity contribution is 6.43. The van der Waals surface area contributed by atoms with E-state index in [0.717, 1.165) is 22.6 Å². The van der Waals surface area contributed by atoms with Crippen molar-refractivity contribution in [1.82, 2.24) is 9.99 Å². The van der Waals surface area contributed by atoms with Gasteiger partial charge in [-0.1, -0.05) is 47.5 Å². The Bertz CT molecular complexity index is 1430. The number of halogens is 2. The summed E-state index contributed by atoms with van der Waals surface area (Å²) >= 11 is 12.5. The van der Waals surface area contributed by atoms with Crippen LogP contribution in [-0.4, -0.2) is 22.6 Å². The average Bonchev–Trinajstić information content (AvgIpc) is 3.15. The zero-order chi connectivity index (χ0) is 25.7. The fourth-order valence-corrected chi connectivity index (χ4v) is 3.96.